The highest BCUT2D eigenvalue weighted by atomic mass is 16.1. The third kappa shape index (κ3) is 6.79. The van der Waals surface area contributed by atoms with E-state index in [1.54, 1.807) is 0 Å². The van der Waals surface area contributed by atoms with Crippen LogP contribution in [0.4, 0.5) is 0 Å². The smallest absolute Gasteiger partial charge is 0.205 e. The minimum atomic E-state index is -0.134. The topological polar surface area (TPSA) is 34.1 Å². The monoisotopic (exact) mass is 152 g/mol. The second kappa shape index (κ2) is 7.01. The molecule has 11 heavy (non-hydrogen) atoms. The van der Waals surface area contributed by atoms with Crippen molar-refractivity contribution in [2.24, 2.45) is 0 Å². The molecular weight excluding hydrogens is 140 g/mol. The molecule has 0 aliphatic rings. The van der Waals surface area contributed by atoms with E-state index >= 15 is 0 Å². The van der Waals surface area contributed by atoms with E-state index in [2.05, 4.69) is 18.8 Å². The van der Waals surface area contributed by atoms with Crippen LogP contribution in [-0.2, 0) is 9.59 Å². The Hall–Kier alpha value is -1.10. The van der Waals surface area contributed by atoms with Crippen LogP contribution in [0.2, 0.25) is 0 Å². The first kappa shape index (κ1) is 9.90. The number of hydrogen-bond acceptors (Lipinski definition) is 2. The minimum Gasteiger partial charge on any atom is -0.289 e. The molecule has 2 heteroatoms. The first-order valence-corrected chi connectivity index (χ1v) is 3.79. The number of ketones is 1. The molecule has 0 aromatic rings. The van der Waals surface area contributed by atoms with Crippen LogP contribution in [0.1, 0.15) is 32.6 Å². The van der Waals surface area contributed by atoms with Gasteiger partial charge in [0.2, 0.25) is 5.78 Å². The van der Waals surface area contributed by atoms with Crippen LogP contribution in [0.3, 0.4) is 0 Å². The van der Waals surface area contributed by atoms with Crippen molar-refractivity contribution in [2.45, 2.75) is 32.6 Å². The van der Waals surface area contributed by atoms with Crippen molar-refractivity contribution in [2.75, 3.05) is 0 Å². The zero-order chi connectivity index (χ0) is 8.53. The van der Waals surface area contributed by atoms with Gasteiger partial charge in [-0.15, -0.1) is 0 Å². The SMILES string of the molecule is CCCCCC(=O)C#CC=O. The average Bonchev–Trinajstić information content (AvgIpc) is 2.01. The Bertz CT molecular complexity index is 183. The highest BCUT2D eigenvalue weighted by Crippen LogP contribution is 1.98. The summed E-state index contributed by atoms with van der Waals surface area (Å²) < 4.78 is 0. The Labute approximate surface area is 67.0 Å². The van der Waals surface area contributed by atoms with Crippen LogP contribution >= 0.6 is 0 Å². The zero-order valence-electron chi connectivity index (χ0n) is 6.72. The molecule has 0 rings (SSSR count). The number of Topliss-reactive ketones (excluding diaryl/α,β-unsaturated/α-hetero) is 1. The van der Waals surface area contributed by atoms with Crippen molar-refractivity contribution in [3.8, 4) is 11.8 Å². The molecule has 0 saturated carbocycles. The van der Waals surface area contributed by atoms with Crippen LogP contribution in [0.25, 0.3) is 0 Å². The third-order valence-electron chi connectivity index (χ3n) is 1.28. The van der Waals surface area contributed by atoms with E-state index in [4.69, 9.17) is 0 Å². The lowest BCUT2D eigenvalue weighted by atomic mass is 10.1. The van der Waals surface area contributed by atoms with Gasteiger partial charge in [-0.1, -0.05) is 19.8 Å². The van der Waals surface area contributed by atoms with Crippen LogP contribution < -0.4 is 0 Å². The predicted octanol–water partition coefficient (Wildman–Crippen LogP) is 1.34. The fourth-order valence-electron chi connectivity index (χ4n) is 0.708. The largest absolute Gasteiger partial charge is 0.289 e. The normalized spacial score (nSPS) is 8.09. The van der Waals surface area contributed by atoms with E-state index in [0.717, 1.165) is 19.3 Å². The molecule has 0 spiro atoms. The Kier molecular flexibility index (Phi) is 6.31. The molecule has 0 bridgehead atoms. The molecule has 0 radical (unpaired) electrons. The van der Waals surface area contributed by atoms with Gasteiger partial charge in [0.15, 0.2) is 6.29 Å². The van der Waals surface area contributed by atoms with Crippen molar-refractivity contribution >= 4 is 12.1 Å². The fraction of sp³-hybridized carbons (Fsp3) is 0.556. The Morgan fingerprint density at radius 1 is 1.45 bits per heavy atom. The number of unbranched alkanes of at least 4 members (excludes halogenated alkanes) is 2. The second-order valence-corrected chi connectivity index (χ2v) is 2.27. The van der Waals surface area contributed by atoms with Crippen LogP contribution in [0.5, 0.6) is 0 Å². The third-order valence-corrected chi connectivity index (χ3v) is 1.28. The number of carbonyl (C=O) groups excluding carboxylic acids is 2. The molecular formula is C9H12O2. The van der Waals surface area contributed by atoms with Crippen LogP contribution in [0, 0.1) is 11.8 Å². The van der Waals surface area contributed by atoms with Gasteiger partial charge in [-0.25, -0.2) is 0 Å². The Morgan fingerprint density at radius 2 is 2.18 bits per heavy atom. The van der Waals surface area contributed by atoms with E-state index in [0.29, 0.717) is 12.7 Å². The average molecular weight is 152 g/mol. The van der Waals surface area contributed by atoms with Gasteiger partial charge in [-0.2, -0.15) is 0 Å². The molecule has 2 nitrogen and oxygen atoms in total. The fourth-order valence-corrected chi connectivity index (χ4v) is 0.708. The van der Waals surface area contributed by atoms with Gasteiger partial charge in [-0.05, 0) is 18.3 Å². The molecule has 0 saturated heterocycles. The van der Waals surface area contributed by atoms with Crippen molar-refractivity contribution in [3.05, 3.63) is 0 Å². The molecule has 0 aromatic carbocycles. The molecule has 0 aromatic heterocycles. The van der Waals surface area contributed by atoms with Gasteiger partial charge in [0, 0.05) is 6.42 Å². The van der Waals surface area contributed by atoms with Gasteiger partial charge in [-0.3, -0.25) is 9.59 Å². The summed E-state index contributed by atoms with van der Waals surface area (Å²) in [4.78, 5) is 20.5. The van der Waals surface area contributed by atoms with Gasteiger partial charge >= 0.3 is 0 Å². The summed E-state index contributed by atoms with van der Waals surface area (Å²) in [5.41, 5.74) is 0. The standard InChI is InChI=1S/C9H12O2/c1-2-3-4-6-9(11)7-5-8-10/h8H,2-4,6H2,1H3. The quantitative estimate of drug-likeness (QED) is 0.263. The summed E-state index contributed by atoms with van der Waals surface area (Å²) in [6, 6.07) is 0. The van der Waals surface area contributed by atoms with Gasteiger partial charge < -0.3 is 0 Å². The molecule has 0 aliphatic carbocycles. The molecule has 0 N–H and O–H groups in total. The summed E-state index contributed by atoms with van der Waals surface area (Å²) in [7, 11) is 0. The summed E-state index contributed by atoms with van der Waals surface area (Å²) in [5, 5.41) is 0. The summed E-state index contributed by atoms with van der Waals surface area (Å²) in [6.07, 6.45) is 3.94. The van der Waals surface area contributed by atoms with Crippen molar-refractivity contribution < 1.29 is 9.59 Å². The predicted molar refractivity (Wildman–Crippen MR) is 43.0 cm³/mol. The van der Waals surface area contributed by atoms with Gasteiger partial charge in [0.25, 0.3) is 0 Å². The highest BCUT2D eigenvalue weighted by molar-refractivity contribution is 5.98. The molecule has 0 unspecified atom stereocenters. The number of aldehydes is 1. The molecule has 0 aliphatic heterocycles. The lowest BCUT2D eigenvalue weighted by Crippen LogP contribution is -1.92. The molecule has 60 valence electrons. The molecule has 0 fully saturated rings. The molecule has 0 heterocycles. The maximum Gasteiger partial charge on any atom is 0.205 e. The van der Waals surface area contributed by atoms with Crippen molar-refractivity contribution in [1.29, 1.82) is 0 Å². The van der Waals surface area contributed by atoms with Crippen molar-refractivity contribution in [3.63, 3.8) is 0 Å². The number of rotatable bonds is 4. The molecule has 0 atom stereocenters. The maximum absolute atomic E-state index is 10.7. The summed E-state index contributed by atoms with van der Waals surface area (Å²) >= 11 is 0. The minimum absolute atomic E-state index is 0.134. The zero-order valence-corrected chi connectivity index (χ0v) is 6.72. The van der Waals surface area contributed by atoms with Gasteiger partial charge in [0.1, 0.15) is 0 Å². The van der Waals surface area contributed by atoms with Crippen molar-refractivity contribution in [1.82, 2.24) is 0 Å². The lowest BCUT2D eigenvalue weighted by Gasteiger charge is -1.90. The first-order chi connectivity index (χ1) is 5.31. The second-order valence-electron chi connectivity index (χ2n) is 2.27. The van der Waals surface area contributed by atoms with Crippen LogP contribution in [0.15, 0.2) is 0 Å². The van der Waals surface area contributed by atoms with E-state index < -0.39 is 0 Å². The number of carbonyl (C=O) groups is 2. The summed E-state index contributed by atoms with van der Waals surface area (Å²) in [5.74, 6) is 4.20. The summed E-state index contributed by atoms with van der Waals surface area (Å²) in [6.45, 7) is 2.07. The van der Waals surface area contributed by atoms with E-state index in [9.17, 15) is 9.59 Å². The van der Waals surface area contributed by atoms with E-state index in [1.807, 2.05) is 0 Å². The maximum atomic E-state index is 10.7. The van der Waals surface area contributed by atoms with E-state index in [-0.39, 0.29) is 5.78 Å². The van der Waals surface area contributed by atoms with Gasteiger partial charge in [0.05, 0.1) is 0 Å². The van der Waals surface area contributed by atoms with E-state index in [1.165, 1.54) is 0 Å². The van der Waals surface area contributed by atoms with Crippen LogP contribution in [-0.4, -0.2) is 12.1 Å². The Balaban J connectivity index is 3.45. The lowest BCUT2D eigenvalue weighted by molar-refractivity contribution is -0.114. The Morgan fingerprint density at radius 3 is 2.73 bits per heavy atom. The number of hydrogen-bond donors (Lipinski definition) is 0. The molecule has 0 amide bonds. The highest BCUT2D eigenvalue weighted by Gasteiger charge is 1.94. The first-order valence-electron chi connectivity index (χ1n) is 3.79.